The maximum Gasteiger partial charge on any atom is 0.387 e. The van der Waals surface area contributed by atoms with Gasteiger partial charge in [-0.2, -0.15) is 8.78 Å². The van der Waals surface area contributed by atoms with Crippen molar-refractivity contribution < 1.29 is 23.1 Å². The number of fused-ring (bicyclic) bond motifs is 1. The van der Waals surface area contributed by atoms with Crippen LogP contribution in [0.25, 0.3) is 0 Å². The number of nitrogens with zero attached hydrogens (tertiary/aromatic N) is 3. The molecule has 2 aromatic carbocycles. The topological polar surface area (TPSA) is 74.2 Å². The largest absolute Gasteiger partial charge is 0.435 e. The summed E-state index contributed by atoms with van der Waals surface area (Å²) >= 11 is 0. The minimum absolute atomic E-state index is 0.118. The number of unbranched alkanes of at least 4 members (excludes halogenated alkanes) is 1. The quantitative estimate of drug-likeness (QED) is 0.278. The normalized spacial score (nSPS) is 13.5. The molecule has 0 saturated heterocycles. The summed E-state index contributed by atoms with van der Waals surface area (Å²) in [5.74, 6) is 0.323. The number of carbonyl (C=O) groups excluding carboxylic acids is 2. The van der Waals surface area contributed by atoms with E-state index in [9.17, 15) is 18.4 Å². The molecule has 1 heterocycles. The Labute approximate surface area is 185 Å². The minimum Gasteiger partial charge on any atom is -0.435 e. The van der Waals surface area contributed by atoms with Crippen LogP contribution in [-0.4, -0.2) is 61.4 Å². The van der Waals surface area contributed by atoms with Gasteiger partial charge in [0.15, 0.2) is 5.96 Å². The molecule has 1 N–H and O–H groups in total. The van der Waals surface area contributed by atoms with Gasteiger partial charge in [-0.05, 0) is 42.7 Å². The first-order valence-corrected chi connectivity index (χ1v) is 10.3. The first-order valence-electron chi connectivity index (χ1n) is 10.3. The lowest BCUT2D eigenvalue weighted by molar-refractivity contribution is -0.0498. The number of nitrogens with one attached hydrogen (secondary N) is 1. The van der Waals surface area contributed by atoms with Crippen LogP contribution in [0.5, 0.6) is 5.75 Å². The third-order valence-electron chi connectivity index (χ3n) is 5.11. The summed E-state index contributed by atoms with van der Waals surface area (Å²) in [5, 5.41) is 3.26. The summed E-state index contributed by atoms with van der Waals surface area (Å²) in [6.45, 7) is -1.32. The lowest BCUT2D eigenvalue weighted by atomic mass is 10.1. The van der Waals surface area contributed by atoms with Gasteiger partial charge >= 0.3 is 6.61 Å². The van der Waals surface area contributed by atoms with E-state index in [4.69, 9.17) is 0 Å². The van der Waals surface area contributed by atoms with Crippen LogP contribution in [0.4, 0.5) is 8.78 Å². The van der Waals surface area contributed by atoms with Gasteiger partial charge in [0.1, 0.15) is 5.75 Å². The summed E-state index contributed by atoms with van der Waals surface area (Å²) in [6.07, 6.45) is 1.42. The molecule has 0 aromatic heterocycles. The average Bonchev–Trinajstić information content (AvgIpc) is 3.02. The number of rotatable bonds is 9. The van der Waals surface area contributed by atoms with Gasteiger partial charge in [-0.3, -0.25) is 19.5 Å². The van der Waals surface area contributed by atoms with E-state index in [1.807, 2.05) is 11.9 Å². The van der Waals surface area contributed by atoms with Gasteiger partial charge in [-0.25, -0.2) is 0 Å². The Morgan fingerprint density at radius 2 is 1.69 bits per heavy atom. The molecule has 0 saturated carbocycles. The number of halogens is 2. The fraction of sp³-hybridized carbons (Fsp3) is 0.348. The lowest BCUT2D eigenvalue weighted by Gasteiger charge is -2.22. The number of aliphatic imine (C=N–C) groups is 1. The van der Waals surface area contributed by atoms with Crippen LogP contribution in [-0.2, 0) is 6.54 Å². The molecule has 170 valence electrons. The third kappa shape index (κ3) is 5.60. The molecule has 0 radical (unpaired) electrons. The minimum atomic E-state index is -2.84. The summed E-state index contributed by atoms with van der Waals surface area (Å²) in [4.78, 5) is 32.2. The van der Waals surface area contributed by atoms with Crippen molar-refractivity contribution in [3.05, 3.63) is 65.2 Å². The summed E-state index contributed by atoms with van der Waals surface area (Å²) in [6, 6.07) is 13.3. The van der Waals surface area contributed by atoms with Gasteiger partial charge in [0.05, 0.1) is 11.1 Å². The zero-order chi connectivity index (χ0) is 23.1. The van der Waals surface area contributed by atoms with E-state index in [1.54, 1.807) is 43.4 Å². The van der Waals surface area contributed by atoms with Crippen LogP contribution in [0.15, 0.2) is 53.5 Å². The molecule has 1 aliphatic rings. The molecule has 0 fully saturated rings. The number of benzene rings is 2. The molecule has 7 nitrogen and oxygen atoms in total. The van der Waals surface area contributed by atoms with Gasteiger partial charge in [0.2, 0.25) is 0 Å². The van der Waals surface area contributed by atoms with Crippen molar-refractivity contribution in [3.8, 4) is 5.75 Å². The van der Waals surface area contributed by atoms with Crippen molar-refractivity contribution >= 4 is 17.8 Å². The Morgan fingerprint density at radius 1 is 1.06 bits per heavy atom. The van der Waals surface area contributed by atoms with Crippen LogP contribution in [0.3, 0.4) is 0 Å². The second-order valence-corrected chi connectivity index (χ2v) is 7.37. The van der Waals surface area contributed by atoms with E-state index in [0.29, 0.717) is 43.1 Å². The number of alkyl halides is 2. The SMILES string of the molecule is CN=C(NCCCCN1C(=O)c2ccccc2C1=O)N(C)Cc1ccc(OC(F)F)cc1. The highest BCUT2D eigenvalue weighted by Crippen LogP contribution is 2.22. The predicted molar refractivity (Wildman–Crippen MR) is 117 cm³/mol. The zero-order valence-corrected chi connectivity index (χ0v) is 18.1. The highest BCUT2D eigenvalue weighted by atomic mass is 19.3. The highest BCUT2D eigenvalue weighted by Gasteiger charge is 2.34. The monoisotopic (exact) mass is 444 g/mol. The first kappa shape index (κ1) is 23.2. The molecule has 0 atom stereocenters. The van der Waals surface area contributed by atoms with Crippen LogP contribution in [0, 0.1) is 0 Å². The molecule has 0 aliphatic carbocycles. The Kier molecular flexibility index (Phi) is 7.75. The van der Waals surface area contributed by atoms with Crippen molar-refractivity contribution in [2.75, 3.05) is 27.2 Å². The fourth-order valence-electron chi connectivity index (χ4n) is 3.55. The smallest absolute Gasteiger partial charge is 0.387 e. The number of carbonyl (C=O) groups is 2. The van der Waals surface area contributed by atoms with Crippen molar-refractivity contribution in [2.24, 2.45) is 4.99 Å². The molecule has 3 rings (SSSR count). The fourth-order valence-corrected chi connectivity index (χ4v) is 3.55. The second kappa shape index (κ2) is 10.7. The Hall–Kier alpha value is -3.49. The predicted octanol–water partition coefficient (Wildman–Crippen LogP) is 3.37. The van der Waals surface area contributed by atoms with E-state index in [1.165, 1.54) is 17.0 Å². The van der Waals surface area contributed by atoms with E-state index < -0.39 is 6.61 Å². The number of imide groups is 1. The highest BCUT2D eigenvalue weighted by molar-refractivity contribution is 6.21. The average molecular weight is 444 g/mol. The van der Waals surface area contributed by atoms with E-state index in [0.717, 1.165) is 12.0 Å². The molecular formula is C23H26F2N4O3. The summed E-state index contributed by atoms with van der Waals surface area (Å²) in [5.41, 5.74) is 1.85. The number of ether oxygens (including phenoxy) is 1. The third-order valence-corrected chi connectivity index (χ3v) is 5.11. The number of hydrogen-bond acceptors (Lipinski definition) is 4. The molecule has 1 aliphatic heterocycles. The lowest BCUT2D eigenvalue weighted by Crippen LogP contribution is -2.39. The zero-order valence-electron chi connectivity index (χ0n) is 18.1. The molecule has 0 unspecified atom stereocenters. The number of hydrogen-bond donors (Lipinski definition) is 1. The second-order valence-electron chi connectivity index (χ2n) is 7.37. The van der Waals surface area contributed by atoms with Gasteiger partial charge in [0.25, 0.3) is 11.8 Å². The van der Waals surface area contributed by atoms with E-state index >= 15 is 0 Å². The maximum absolute atomic E-state index is 12.4. The van der Waals surface area contributed by atoms with Gasteiger partial charge in [-0.1, -0.05) is 24.3 Å². The van der Waals surface area contributed by atoms with Crippen molar-refractivity contribution in [1.82, 2.24) is 15.1 Å². The van der Waals surface area contributed by atoms with Crippen LogP contribution in [0.1, 0.15) is 39.1 Å². The van der Waals surface area contributed by atoms with Crippen molar-refractivity contribution in [2.45, 2.75) is 26.0 Å². The van der Waals surface area contributed by atoms with Gasteiger partial charge < -0.3 is 15.0 Å². The van der Waals surface area contributed by atoms with E-state index in [2.05, 4.69) is 15.0 Å². The summed E-state index contributed by atoms with van der Waals surface area (Å²) < 4.78 is 28.9. The van der Waals surface area contributed by atoms with Gasteiger partial charge in [-0.15, -0.1) is 0 Å². The van der Waals surface area contributed by atoms with Crippen molar-refractivity contribution in [1.29, 1.82) is 0 Å². The van der Waals surface area contributed by atoms with Gasteiger partial charge in [0, 0.05) is 33.7 Å². The molecule has 0 spiro atoms. The Morgan fingerprint density at radius 3 is 2.25 bits per heavy atom. The molecule has 9 heteroatoms. The van der Waals surface area contributed by atoms with Crippen molar-refractivity contribution in [3.63, 3.8) is 0 Å². The van der Waals surface area contributed by atoms with Crippen LogP contribution in [0.2, 0.25) is 0 Å². The Balaban J connectivity index is 1.41. The molecule has 2 amide bonds. The maximum atomic E-state index is 12.4. The first-order chi connectivity index (χ1) is 15.4. The summed E-state index contributed by atoms with van der Waals surface area (Å²) in [7, 11) is 3.55. The van der Waals surface area contributed by atoms with Crippen LogP contribution < -0.4 is 10.1 Å². The Bertz CT molecular complexity index is 944. The molecular weight excluding hydrogens is 418 g/mol. The number of amides is 2. The number of guanidine groups is 1. The molecule has 2 aromatic rings. The molecule has 32 heavy (non-hydrogen) atoms. The standard InChI is InChI=1S/C23H26F2N4O3/c1-26-23(28(2)15-16-9-11-17(12-10-16)32-22(24)25)27-13-5-6-14-29-20(30)18-7-3-4-8-19(18)21(29)31/h3-4,7-12,22H,5-6,13-15H2,1-2H3,(H,26,27). The molecule has 0 bridgehead atoms. The van der Waals surface area contributed by atoms with Crippen LogP contribution >= 0.6 is 0 Å². The van der Waals surface area contributed by atoms with E-state index in [-0.39, 0.29) is 17.6 Å².